The van der Waals surface area contributed by atoms with Crippen LogP contribution in [0.5, 0.6) is 0 Å². The maximum absolute atomic E-state index is 10.1. The normalized spacial score (nSPS) is 19.6. The fourth-order valence-electron chi connectivity index (χ4n) is 2.38. The molecule has 1 atom stereocenters. The zero-order valence-corrected chi connectivity index (χ0v) is 9.96. The van der Waals surface area contributed by atoms with Crippen molar-refractivity contribution >= 4 is 11.5 Å². The van der Waals surface area contributed by atoms with E-state index in [0.717, 1.165) is 23.4 Å². The van der Waals surface area contributed by atoms with Crippen molar-refractivity contribution in [2.45, 2.75) is 51.6 Å². The van der Waals surface area contributed by atoms with Gasteiger partial charge in [0.2, 0.25) is 0 Å². The minimum absolute atomic E-state index is 0.331. The highest BCUT2D eigenvalue weighted by molar-refractivity contribution is 7.05. The minimum atomic E-state index is -0.331. The molecule has 0 radical (unpaired) electrons. The average molecular weight is 226 g/mol. The molecular formula is C11H18N2OS. The van der Waals surface area contributed by atoms with Gasteiger partial charge in [-0.05, 0) is 30.3 Å². The van der Waals surface area contributed by atoms with Crippen molar-refractivity contribution in [3.05, 3.63) is 10.6 Å². The van der Waals surface area contributed by atoms with Crippen LogP contribution in [0.15, 0.2) is 0 Å². The number of rotatable bonds is 4. The van der Waals surface area contributed by atoms with E-state index >= 15 is 0 Å². The van der Waals surface area contributed by atoms with Crippen LogP contribution >= 0.6 is 11.5 Å². The van der Waals surface area contributed by atoms with Gasteiger partial charge < -0.3 is 5.11 Å². The lowest BCUT2D eigenvalue weighted by atomic mass is 9.98. The standard InChI is InChI=1S/C11H18N2OS/c1-2-9-11(15-13-12-9)10(14)7-8-5-3-4-6-8/h8,10,14H,2-7H2,1H3. The molecule has 15 heavy (non-hydrogen) atoms. The van der Waals surface area contributed by atoms with Gasteiger partial charge in [0, 0.05) is 0 Å². The molecule has 4 heteroatoms. The van der Waals surface area contributed by atoms with Crippen LogP contribution in [0, 0.1) is 5.92 Å². The molecule has 84 valence electrons. The quantitative estimate of drug-likeness (QED) is 0.858. The molecule has 2 rings (SSSR count). The van der Waals surface area contributed by atoms with Crippen molar-refractivity contribution in [1.29, 1.82) is 0 Å². The third-order valence-electron chi connectivity index (χ3n) is 3.25. The fourth-order valence-corrected chi connectivity index (χ4v) is 3.12. The molecular weight excluding hydrogens is 208 g/mol. The molecule has 0 saturated heterocycles. The Bertz CT molecular complexity index is 307. The van der Waals surface area contributed by atoms with Gasteiger partial charge in [-0.3, -0.25) is 0 Å². The van der Waals surface area contributed by atoms with Gasteiger partial charge in [-0.15, -0.1) is 5.10 Å². The van der Waals surface area contributed by atoms with Gasteiger partial charge in [0.1, 0.15) is 0 Å². The summed E-state index contributed by atoms with van der Waals surface area (Å²) < 4.78 is 3.92. The maximum Gasteiger partial charge on any atom is 0.0919 e. The number of aliphatic hydroxyl groups excluding tert-OH is 1. The Labute approximate surface area is 94.7 Å². The van der Waals surface area contributed by atoms with E-state index in [1.165, 1.54) is 37.2 Å². The monoisotopic (exact) mass is 226 g/mol. The van der Waals surface area contributed by atoms with Gasteiger partial charge in [0.15, 0.2) is 0 Å². The fraction of sp³-hybridized carbons (Fsp3) is 0.818. The van der Waals surface area contributed by atoms with Gasteiger partial charge in [-0.2, -0.15) is 0 Å². The van der Waals surface area contributed by atoms with Crippen LogP contribution in [0.25, 0.3) is 0 Å². The molecule has 1 fully saturated rings. The van der Waals surface area contributed by atoms with E-state index in [0.29, 0.717) is 5.92 Å². The van der Waals surface area contributed by atoms with E-state index in [-0.39, 0.29) is 6.10 Å². The molecule has 0 bridgehead atoms. The second-order valence-electron chi connectivity index (χ2n) is 4.34. The van der Waals surface area contributed by atoms with Gasteiger partial charge in [0.25, 0.3) is 0 Å². The Morgan fingerprint density at radius 1 is 1.47 bits per heavy atom. The molecule has 1 heterocycles. The lowest BCUT2D eigenvalue weighted by Gasteiger charge is -2.14. The molecule has 3 nitrogen and oxygen atoms in total. The predicted octanol–water partition coefficient (Wildman–Crippen LogP) is 2.71. The average Bonchev–Trinajstić information content (AvgIpc) is 2.86. The molecule has 1 aromatic rings. The summed E-state index contributed by atoms with van der Waals surface area (Å²) >= 11 is 1.35. The Hall–Kier alpha value is -0.480. The second-order valence-corrected chi connectivity index (χ2v) is 5.13. The highest BCUT2D eigenvalue weighted by Crippen LogP contribution is 2.34. The van der Waals surface area contributed by atoms with Crippen LogP contribution in [0.3, 0.4) is 0 Å². The first-order chi connectivity index (χ1) is 7.31. The Morgan fingerprint density at radius 2 is 2.20 bits per heavy atom. The van der Waals surface area contributed by atoms with Gasteiger partial charge in [-0.25, -0.2) is 0 Å². The number of aryl methyl sites for hydroxylation is 1. The van der Waals surface area contributed by atoms with Crippen molar-refractivity contribution in [3.63, 3.8) is 0 Å². The van der Waals surface area contributed by atoms with Crippen LogP contribution in [0.1, 0.15) is 55.7 Å². The van der Waals surface area contributed by atoms with E-state index in [9.17, 15) is 5.11 Å². The van der Waals surface area contributed by atoms with E-state index in [2.05, 4.69) is 16.5 Å². The zero-order valence-electron chi connectivity index (χ0n) is 9.15. The highest BCUT2D eigenvalue weighted by Gasteiger charge is 2.22. The summed E-state index contributed by atoms with van der Waals surface area (Å²) in [5.74, 6) is 0.715. The molecule has 1 aromatic heterocycles. The van der Waals surface area contributed by atoms with Gasteiger partial charge in [-0.1, -0.05) is 37.1 Å². The van der Waals surface area contributed by atoms with Crippen LogP contribution in [-0.4, -0.2) is 14.7 Å². The number of hydrogen-bond donors (Lipinski definition) is 1. The van der Waals surface area contributed by atoms with Crippen LogP contribution in [0.2, 0.25) is 0 Å². The van der Waals surface area contributed by atoms with Crippen LogP contribution in [0.4, 0.5) is 0 Å². The van der Waals surface area contributed by atoms with E-state index in [4.69, 9.17) is 0 Å². The first-order valence-electron chi connectivity index (χ1n) is 5.80. The predicted molar refractivity (Wildman–Crippen MR) is 60.8 cm³/mol. The van der Waals surface area contributed by atoms with Gasteiger partial charge in [0.05, 0.1) is 16.7 Å². The molecule has 1 aliphatic carbocycles. The summed E-state index contributed by atoms with van der Waals surface area (Å²) in [6.45, 7) is 2.06. The summed E-state index contributed by atoms with van der Waals surface area (Å²) in [5, 5.41) is 14.2. The molecule has 1 unspecified atom stereocenters. The first kappa shape index (κ1) is 11.0. The molecule has 0 aliphatic heterocycles. The molecule has 0 aromatic carbocycles. The number of nitrogens with zero attached hydrogens (tertiary/aromatic N) is 2. The molecule has 1 saturated carbocycles. The van der Waals surface area contributed by atoms with E-state index in [1.807, 2.05) is 0 Å². The third-order valence-corrected chi connectivity index (χ3v) is 4.12. The summed E-state index contributed by atoms with van der Waals surface area (Å²) in [4.78, 5) is 0.990. The summed E-state index contributed by atoms with van der Waals surface area (Å²) in [6, 6.07) is 0. The first-order valence-corrected chi connectivity index (χ1v) is 6.57. The van der Waals surface area contributed by atoms with E-state index in [1.54, 1.807) is 0 Å². The number of aromatic nitrogens is 2. The Balaban J connectivity index is 1.97. The smallest absolute Gasteiger partial charge is 0.0919 e. The number of aliphatic hydroxyl groups is 1. The van der Waals surface area contributed by atoms with Crippen LogP contribution < -0.4 is 0 Å². The summed E-state index contributed by atoms with van der Waals surface area (Å²) in [6.07, 6.45) is 6.67. The lowest BCUT2D eigenvalue weighted by Crippen LogP contribution is -2.04. The van der Waals surface area contributed by atoms with E-state index < -0.39 is 0 Å². The highest BCUT2D eigenvalue weighted by atomic mass is 32.1. The largest absolute Gasteiger partial charge is 0.387 e. The maximum atomic E-state index is 10.1. The third kappa shape index (κ3) is 2.55. The molecule has 0 spiro atoms. The lowest BCUT2D eigenvalue weighted by molar-refractivity contribution is 0.147. The van der Waals surface area contributed by atoms with Gasteiger partial charge >= 0.3 is 0 Å². The van der Waals surface area contributed by atoms with Crippen molar-refractivity contribution in [1.82, 2.24) is 9.59 Å². The van der Waals surface area contributed by atoms with Crippen molar-refractivity contribution < 1.29 is 5.11 Å². The van der Waals surface area contributed by atoms with Crippen molar-refractivity contribution in [2.24, 2.45) is 5.92 Å². The van der Waals surface area contributed by atoms with Crippen LogP contribution in [-0.2, 0) is 6.42 Å². The summed E-state index contributed by atoms with van der Waals surface area (Å²) in [5.41, 5.74) is 0.977. The van der Waals surface area contributed by atoms with Crippen molar-refractivity contribution in [3.8, 4) is 0 Å². The molecule has 1 N–H and O–H groups in total. The van der Waals surface area contributed by atoms with Crippen molar-refractivity contribution in [2.75, 3.05) is 0 Å². The minimum Gasteiger partial charge on any atom is -0.387 e. The summed E-state index contributed by atoms with van der Waals surface area (Å²) in [7, 11) is 0. The molecule has 0 amide bonds. The topological polar surface area (TPSA) is 46.0 Å². The SMILES string of the molecule is CCc1nnsc1C(O)CC1CCCC1. The second kappa shape index (κ2) is 5.03. The number of hydrogen-bond acceptors (Lipinski definition) is 4. The zero-order chi connectivity index (χ0) is 10.7. The Kier molecular flexibility index (Phi) is 3.70. The Morgan fingerprint density at radius 3 is 2.87 bits per heavy atom. The molecule has 1 aliphatic rings.